The molecule has 0 saturated carbocycles. The minimum Gasteiger partial charge on any atom is -0.437 e. The lowest BCUT2D eigenvalue weighted by Gasteiger charge is -2.33. The molecule has 0 unspecified atom stereocenters. The number of ether oxygens (including phenoxy) is 1. The zero-order valence-corrected chi connectivity index (χ0v) is 16.2. The van der Waals surface area contributed by atoms with E-state index < -0.39 is 0 Å². The zero-order chi connectivity index (χ0) is 19.3. The minimum absolute atomic E-state index is 0.417. The van der Waals surface area contributed by atoms with E-state index >= 15 is 0 Å². The van der Waals surface area contributed by atoms with Gasteiger partial charge in [0.15, 0.2) is 5.82 Å². The average molecular weight is 374 g/mol. The molecule has 0 amide bonds. The van der Waals surface area contributed by atoms with Crippen molar-refractivity contribution in [3.05, 3.63) is 72.1 Å². The van der Waals surface area contributed by atoms with Gasteiger partial charge in [0.2, 0.25) is 5.88 Å². The summed E-state index contributed by atoms with van der Waals surface area (Å²) in [5.74, 6) is 2.61. The first-order valence-electron chi connectivity index (χ1n) is 9.83. The summed E-state index contributed by atoms with van der Waals surface area (Å²) in [5, 5.41) is 0. The van der Waals surface area contributed by atoms with E-state index in [2.05, 4.69) is 45.2 Å². The third-order valence-corrected chi connectivity index (χ3v) is 5.34. The van der Waals surface area contributed by atoms with Crippen molar-refractivity contribution in [2.45, 2.75) is 26.2 Å². The fourth-order valence-corrected chi connectivity index (χ4v) is 3.72. The number of benzene rings is 2. The molecule has 1 aliphatic rings. The van der Waals surface area contributed by atoms with Gasteiger partial charge in [-0.15, -0.1) is 0 Å². The van der Waals surface area contributed by atoms with Crippen LogP contribution in [0.4, 0.5) is 11.5 Å². The molecule has 1 aliphatic heterocycles. The van der Waals surface area contributed by atoms with Gasteiger partial charge >= 0.3 is 0 Å². The van der Waals surface area contributed by atoms with Gasteiger partial charge in [-0.2, -0.15) is 4.98 Å². The second-order valence-electron chi connectivity index (χ2n) is 7.45. The lowest BCUT2D eigenvalue weighted by molar-refractivity contribution is 0.401. The van der Waals surface area contributed by atoms with Crippen molar-refractivity contribution in [3.63, 3.8) is 0 Å². The Labute approximate surface area is 166 Å². The average Bonchev–Trinajstić information content (AvgIpc) is 2.73. The van der Waals surface area contributed by atoms with Crippen LogP contribution in [0.1, 0.15) is 24.0 Å². The van der Waals surface area contributed by atoms with Gasteiger partial charge in [0, 0.05) is 13.1 Å². The van der Waals surface area contributed by atoms with Crippen molar-refractivity contribution in [1.29, 1.82) is 0 Å². The molecule has 1 saturated heterocycles. The first-order valence-corrected chi connectivity index (χ1v) is 9.83. The van der Waals surface area contributed by atoms with E-state index in [-0.39, 0.29) is 0 Å². The van der Waals surface area contributed by atoms with E-state index in [0.717, 1.165) is 43.9 Å². The summed E-state index contributed by atoms with van der Waals surface area (Å²) in [5.41, 5.74) is 9.46. The number of aromatic nitrogens is 2. The first kappa shape index (κ1) is 18.3. The van der Waals surface area contributed by atoms with Crippen LogP contribution in [0.25, 0.3) is 0 Å². The van der Waals surface area contributed by atoms with Crippen LogP contribution < -0.4 is 15.4 Å². The number of nitrogens with zero attached hydrogens (tertiary/aromatic N) is 3. The van der Waals surface area contributed by atoms with Crippen LogP contribution >= 0.6 is 0 Å². The van der Waals surface area contributed by atoms with Gasteiger partial charge in [-0.3, -0.25) is 0 Å². The van der Waals surface area contributed by atoms with Gasteiger partial charge in [-0.05, 0) is 49.8 Å². The number of nitrogens with two attached hydrogens (primary N) is 1. The molecule has 5 nitrogen and oxygen atoms in total. The van der Waals surface area contributed by atoms with Gasteiger partial charge in [-0.1, -0.05) is 48.0 Å². The van der Waals surface area contributed by atoms with Crippen molar-refractivity contribution >= 4 is 11.5 Å². The van der Waals surface area contributed by atoms with Crippen molar-refractivity contribution in [3.8, 4) is 11.6 Å². The highest BCUT2D eigenvalue weighted by atomic mass is 16.5. The third kappa shape index (κ3) is 4.25. The standard InChI is InChI=1S/C23H26N4O/c1-17-7-9-20(10-8-17)28-23-21(24)22(25-16-26-23)27-13-11-19(12-14-27)15-18-5-3-2-4-6-18/h2-10,16,19H,11-15,24H2,1H3. The van der Waals surface area contributed by atoms with Gasteiger partial charge in [0.25, 0.3) is 0 Å². The van der Waals surface area contributed by atoms with Crippen molar-refractivity contribution in [1.82, 2.24) is 9.97 Å². The van der Waals surface area contributed by atoms with Gasteiger partial charge in [0.1, 0.15) is 17.8 Å². The Morgan fingerprint density at radius 2 is 1.71 bits per heavy atom. The Kier molecular flexibility index (Phi) is 5.42. The van der Waals surface area contributed by atoms with Crippen molar-refractivity contribution in [2.75, 3.05) is 23.7 Å². The molecule has 2 heterocycles. The molecular weight excluding hydrogens is 348 g/mol. The van der Waals surface area contributed by atoms with E-state index in [4.69, 9.17) is 10.5 Å². The summed E-state index contributed by atoms with van der Waals surface area (Å²) >= 11 is 0. The molecule has 5 heteroatoms. The summed E-state index contributed by atoms with van der Waals surface area (Å²) in [6, 6.07) is 18.6. The number of piperidine rings is 1. The van der Waals surface area contributed by atoms with Crippen LogP contribution in [0.15, 0.2) is 60.9 Å². The molecule has 0 aliphatic carbocycles. The molecule has 28 heavy (non-hydrogen) atoms. The summed E-state index contributed by atoms with van der Waals surface area (Å²) in [7, 11) is 0. The summed E-state index contributed by atoms with van der Waals surface area (Å²) < 4.78 is 5.89. The quantitative estimate of drug-likeness (QED) is 0.706. The highest BCUT2D eigenvalue weighted by Crippen LogP contribution is 2.33. The molecule has 2 N–H and O–H groups in total. The molecular formula is C23H26N4O. The monoisotopic (exact) mass is 374 g/mol. The Morgan fingerprint density at radius 1 is 1.00 bits per heavy atom. The number of hydrogen-bond acceptors (Lipinski definition) is 5. The van der Waals surface area contributed by atoms with Gasteiger partial charge in [-0.25, -0.2) is 4.98 Å². The minimum atomic E-state index is 0.417. The normalized spacial score (nSPS) is 14.8. The third-order valence-electron chi connectivity index (χ3n) is 5.34. The van der Waals surface area contributed by atoms with E-state index in [9.17, 15) is 0 Å². The molecule has 2 aromatic carbocycles. The maximum Gasteiger partial charge on any atom is 0.248 e. The van der Waals surface area contributed by atoms with Crippen LogP contribution in [0.3, 0.4) is 0 Å². The van der Waals surface area contributed by atoms with E-state index in [1.165, 1.54) is 17.5 Å². The second kappa shape index (κ2) is 8.30. The smallest absolute Gasteiger partial charge is 0.248 e. The van der Waals surface area contributed by atoms with Crippen LogP contribution in [0.5, 0.6) is 11.6 Å². The molecule has 0 radical (unpaired) electrons. The first-order chi connectivity index (χ1) is 13.7. The number of anilines is 2. The number of aryl methyl sites for hydroxylation is 1. The fourth-order valence-electron chi connectivity index (χ4n) is 3.72. The summed E-state index contributed by atoms with van der Waals surface area (Å²) in [4.78, 5) is 10.9. The number of hydrogen-bond donors (Lipinski definition) is 1. The Bertz CT molecular complexity index is 904. The SMILES string of the molecule is Cc1ccc(Oc2ncnc(N3CCC(Cc4ccccc4)CC3)c2N)cc1. The van der Waals surface area contributed by atoms with Crippen molar-refractivity contribution in [2.24, 2.45) is 5.92 Å². The maximum atomic E-state index is 6.36. The second-order valence-corrected chi connectivity index (χ2v) is 7.45. The highest BCUT2D eigenvalue weighted by Gasteiger charge is 2.23. The molecule has 0 spiro atoms. The fraction of sp³-hybridized carbons (Fsp3) is 0.304. The lowest BCUT2D eigenvalue weighted by Crippen LogP contribution is -2.35. The molecule has 0 bridgehead atoms. The van der Waals surface area contributed by atoms with Gasteiger partial charge in [0.05, 0.1) is 0 Å². The Hall–Kier alpha value is -3.08. The molecule has 144 valence electrons. The van der Waals surface area contributed by atoms with E-state index in [0.29, 0.717) is 17.5 Å². The molecule has 3 aromatic rings. The summed E-state index contributed by atoms with van der Waals surface area (Å²) in [6.07, 6.45) is 4.93. The van der Waals surface area contributed by atoms with E-state index in [1.807, 2.05) is 31.2 Å². The predicted molar refractivity (Wildman–Crippen MR) is 113 cm³/mol. The number of nitrogen functional groups attached to an aromatic ring is 1. The van der Waals surface area contributed by atoms with Crippen LogP contribution in [0.2, 0.25) is 0 Å². The van der Waals surface area contributed by atoms with Crippen molar-refractivity contribution < 1.29 is 4.74 Å². The Balaban J connectivity index is 1.41. The molecule has 0 atom stereocenters. The number of rotatable bonds is 5. The highest BCUT2D eigenvalue weighted by molar-refractivity contribution is 5.68. The van der Waals surface area contributed by atoms with Crippen LogP contribution in [0, 0.1) is 12.8 Å². The molecule has 4 rings (SSSR count). The van der Waals surface area contributed by atoms with Crippen LogP contribution in [-0.4, -0.2) is 23.1 Å². The van der Waals surface area contributed by atoms with Crippen LogP contribution in [-0.2, 0) is 6.42 Å². The van der Waals surface area contributed by atoms with E-state index in [1.54, 1.807) is 0 Å². The predicted octanol–water partition coefficient (Wildman–Crippen LogP) is 4.62. The lowest BCUT2D eigenvalue weighted by atomic mass is 9.90. The Morgan fingerprint density at radius 3 is 2.43 bits per heavy atom. The zero-order valence-electron chi connectivity index (χ0n) is 16.2. The topological polar surface area (TPSA) is 64.3 Å². The largest absolute Gasteiger partial charge is 0.437 e. The maximum absolute atomic E-state index is 6.36. The van der Waals surface area contributed by atoms with Gasteiger partial charge < -0.3 is 15.4 Å². The summed E-state index contributed by atoms with van der Waals surface area (Å²) in [6.45, 7) is 3.94. The molecule has 1 fully saturated rings. The molecule has 1 aromatic heterocycles.